The first-order valence-corrected chi connectivity index (χ1v) is 26.2. The summed E-state index contributed by atoms with van der Waals surface area (Å²) in [5, 5.41) is -0.0455. The molecule has 1 fully saturated rings. The average molecular weight is 875 g/mol. The molecule has 2 aliphatic rings. The second-order valence-corrected chi connectivity index (χ2v) is 29.3. The fourth-order valence-electron chi connectivity index (χ4n) is 5.33. The Balaban J connectivity index is 1.65. The van der Waals surface area contributed by atoms with Crippen molar-refractivity contribution in [2.45, 2.75) is 150 Å². The molecule has 0 spiro atoms. The van der Waals surface area contributed by atoms with Gasteiger partial charge >= 0.3 is 0 Å². The Hall–Kier alpha value is -1.15. The summed E-state index contributed by atoms with van der Waals surface area (Å²) in [5.41, 5.74) is 1.94. The SMILES string of the molecule is Cc1ccc(S(=O)(=O)OC[C@H]2OC=C[C@@H](OCc3ccccc3)[C@@H]2O[C@@H]2O[C@H](C)[C@@H](O[Si](C)(C)C(C)(C)C)[C@H](O[Si](C)(C)C(C)(C)C)[C@H]2I)cc1. The van der Waals surface area contributed by atoms with Crippen LogP contribution in [0.25, 0.3) is 0 Å². The molecule has 0 saturated carbocycles. The molecule has 0 N–H and O–H groups in total. The number of alkyl halides is 1. The Labute approximate surface area is 322 Å². The Morgan fingerprint density at radius 3 is 1.96 bits per heavy atom. The maximum absolute atomic E-state index is 13.2. The van der Waals surface area contributed by atoms with Gasteiger partial charge in [0.15, 0.2) is 29.0 Å². The van der Waals surface area contributed by atoms with Crippen LogP contribution in [0.3, 0.4) is 0 Å². The van der Waals surface area contributed by atoms with Crippen molar-refractivity contribution >= 4 is 49.3 Å². The predicted molar refractivity (Wildman–Crippen MR) is 215 cm³/mol. The zero-order chi connectivity index (χ0) is 38.0. The summed E-state index contributed by atoms with van der Waals surface area (Å²) in [6.45, 7) is 26.4. The van der Waals surface area contributed by atoms with Crippen LogP contribution in [0.15, 0.2) is 71.8 Å². The van der Waals surface area contributed by atoms with Gasteiger partial charge in [0, 0.05) is 0 Å². The minimum absolute atomic E-state index is 0.0103. The molecule has 0 amide bonds. The standard InChI is InChI=1S/C38H59IO9SSi2/c1-26-18-20-29(21-19-26)49(40,41)44-25-31-34(30(22-23-42-31)43-24-28-16-14-13-15-17-28)46-36-32(39)35(48-51(11,12)38(6,7)8)33(27(2)45-36)47-50(9,10)37(3,4)5/h13-23,27,30-36H,24-25H2,1-12H3/t27-,30-,31-,32-,33-,34+,35-,36+/m1/s1. The number of benzene rings is 2. The molecule has 8 atom stereocenters. The number of hydrogen-bond donors (Lipinski definition) is 0. The van der Waals surface area contributed by atoms with Crippen LogP contribution in [0.2, 0.25) is 36.3 Å². The van der Waals surface area contributed by atoms with Gasteiger partial charge in [-0.15, -0.1) is 0 Å². The van der Waals surface area contributed by atoms with Gasteiger partial charge in [-0.1, -0.05) is 112 Å². The number of aryl methyl sites for hydroxylation is 1. The molecule has 2 heterocycles. The third-order valence-electron chi connectivity index (χ3n) is 10.7. The van der Waals surface area contributed by atoms with Gasteiger partial charge in [-0.3, -0.25) is 4.18 Å². The molecule has 0 unspecified atom stereocenters. The summed E-state index contributed by atoms with van der Waals surface area (Å²) in [7, 11) is -8.58. The molecule has 9 nitrogen and oxygen atoms in total. The highest BCUT2D eigenvalue weighted by atomic mass is 127. The van der Waals surface area contributed by atoms with Crippen LogP contribution >= 0.6 is 22.6 Å². The lowest BCUT2D eigenvalue weighted by molar-refractivity contribution is -0.272. The van der Waals surface area contributed by atoms with E-state index in [-0.39, 0.29) is 43.8 Å². The maximum atomic E-state index is 13.2. The average Bonchev–Trinajstić information content (AvgIpc) is 3.03. The van der Waals surface area contributed by atoms with Crippen molar-refractivity contribution in [3.8, 4) is 0 Å². The Morgan fingerprint density at radius 1 is 0.824 bits per heavy atom. The van der Waals surface area contributed by atoms with E-state index in [1.54, 1.807) is 18.2 Å². The van der Waals surface area contributed by atoms with E-state index in [0.29, 0.717) is 6.61 Å². The van der Waals surface area contributed by atoms with E-state index in [2.05, 4.69) is 90.3 Å². The predicted octanol–water partition coefficient (Wildman–Crippen LogP) is 8.91. The topological polar surface area (TPSA) is 98.8 Å². The molecule has 0 aliphatic carbocycles. The third kappa shape index (κ3) is 10.8. The summed E-state index contributed by atoms with van der Waals surface area (Å²) >= 11 is 2.39. The van der Waals surface area contributed by atoms with Crippen LogP contribution in [0.1, 0.15) is 59.6 Å². The zero-order valence-corrected chi connectivity index (χ0v) is 37.3. The second kappa shape index (κ2) is 16.7. The summed E-state index contributed by atoms with van der Waals surface area (Å²) in [6, 6.07) is 16.4. The van der Waals surface area contributed by atoms with Crippen LogP contribution in [-0.4, -0.2) is 78.5 Å². The second-order valence-electron chi connectivity index (χ2n) is 16.8. The number of rotatable bonds is 13. The van der Waals surface area contributed by atoms with Gasteiger partial charge < -0.3 is 27.8 Å². The van der Waals surface area contributed by atoms with Crippen LogP contribution < -0.4 is 0 Å². The monoisotopic (exact) mass is 874 g/mol. The van der Waals surface area contributed by atoms with Gasteiger partial charge in [0.05, 0.1) is 40.0 Å². The fraction of sp³-hybridized carbons (Fsp3) is 0.632. The smallest absolute Gasteiger partial charge is 0.297 e. The first-order chi connectivity index (χ1) is 23.5. The normalized spacial score (nSPS) is 28.0. The van der Waals surface area contributed by atoms with Gasteiger partial charge in [-0.25, -0.2) is 0 Å². The quantitative estimate of drug-likeness (QED) is 0.0846. The van der Waals surface area contributed by atoms with Crippen molar-refractivity contribution in [3.63, 3.8) is 0 Å². The molecule has 2 aromatic rings. The first kappa shape index (κ1) is 42.6. The minimum Gasteiger partial charge on any atom is -0.493 e. The van der Waals surface area contributed by atoms with Crippen molar-refractivity contribution in [2.75, 3.05) is 6.61 Å². The third-order valence-corrected chi connectivity index (χ3v) is 22.2. The largest absolute Gasteiger partial charge is 0.493 e. The number of halogens is 1. The molecule has 4 rings (SSSR count). The number of ether oxygens (including phenoxy) is 4. The molecule has 0 radical (unpaired) electrons. The molecule has 51 heavy (non-hydrogen) atoms. The van der Waals surface area contributed by atoms with Gasteiger partial charge in [-0.2, -0.15) is 8.42 Å². The summed E-state index contributed by atoms with van der Waals surface area (Å²) < 4.78 is 72.1. The first-order valence-electron chi connectivity index (χ1n) is 17.8. The van der Waals surface area contributed by atoms with Crippen molar-refractivity contribution in [3.05, 3.63) is 78.1 Å². The lowest BCUT2D eigenvalue weighted by Gasteiger charge is -2.52. The van der Waals surface area contributed by atoms with E-state index >= 15 is 0 Å². The van der Waals surface area contributed by atoms with Crippen molar-refractivity contribution in [2.24, 2.45) is 0 Å². The Morgan fingerprint density at radius 2 is 1.39 bits per heavy atom. The highest BCUT2D eigenvalue weighted by molar-refractivity contribution is 14.1. The zero-order valence-electron chi connectivity index (χ0n) is 32.3. The Bertz CT molecular complexity index is 1560. The van der Waals surface area contributed by atoms with E-state index in [1.165, 1.54) is 18.4 Å². The van der Waals surface area contributed by atoms with Gasteiger partial charge in [0.25, 0.3) is 10.1 Å². The molecule has 0 aromatic heterocycles. The van der Waals surface area contributed by atoms with Crippen LogP contribution in [0.5, 0.6) is 0 Å². The van der Waals surface area contributed by atoms with Crippen LogP contribution in [0.4, 0.5) is 0 Å². The molecular weight excluding hydrogens is 816 g/mol. The lowest BCUT2D eigenvalue weighted by Crippen LogP contribution is -2.64. The van der Waals surface area contributed by atoms with Gasteiger partial charge in [0.1, 0.15) is 18.8 Å². The molecule has 2 aromatic carbocycles. The van der Waals surface area contributed by atoms with Crippen LogP contribution in [-0.2, 0) is 48.7 Å². The molecule has 2 aliphatic heterocycles. The minimum atomic E-state index is -4.07. The van der Waals surface area contributed by atoms with E-state index in [0.717, 1.165) is 11.1 Å². The van der Waals surface area contributed by atoms with E-state index in [1.807, 2.05) is 44.2 Å². The lowest BCUT2D eigenvalue weighted by atomic mass is 10.0. The summed E-state index contributed by atoms with van der Waals surface area (Å²) in [4.78, 5) is 0.0731. The molecular formula is C38H59IO9SSi2. The molecule has 286 valence electrons. The highest BCUT2D eigenvalue weighted by Gasteiger charge is 2.53. The molecule has 0 bridgehead atoms. The summed E-state index contributed by atoms with van der Waals surface area (Å²) in [5.74, 6) is 0. The van der Waals surface area contributed by atoms with Gasteiger partial charge in [0.2, 0.25) is 0 Å². The van der Waals surface area contributed by atoms with E-state index in [9.17, 15) is 8.42 Å². The Kier molecular flexibility index (Phi) is 13.9. The van der Waals surface area contributed by atoms with Gasteiger partial charge in [-0.05, 0) is 73.9 Å². The van der Waals surface area contributed by atoms with Crippen molar-refractivity contribution in [1.82, 2.24) is 0 Å². The maximum Gasteiger partial charge on any atom is 0.297 e. The van der Waals surface area contributed by atoms with E-state index in [4.69, 9.17) is 32.0 Å². The van der Waals surface area contributed by atoms with E-state index < -0.39 is 51.4 Å². The summed E-state index contributed by atoms with van der Waals surface area (Å²) in [6.07, 6.45) is -0.590. The van der Waals surface area contributed by atoms with Crippen molar-refractivity contribution in [1.29, 1.82) is 0 Å². The fourth-order valence-corrected chi connectivity index (χ4v) is 10.1. The molecule has 1 saturated heterocycles. The van der Waals surface area contributed by atoms with Crippen LogP contribution in [0, 0.1) is 6.92 Å². The molecule has 13 heteroatoms. The highest BCUT2D eigenvalue weighted by Crippen LogP contribution is 2.45. The van der Waals surface area contributed by atoms with Crippen molar-refractivity contribution < 1.29 is 40.4 Å². The number of hydrogen-bond acceptors (Lipinski definition) is 9.